The molecule has 0 aliphatic rings. The Morgan fingerprint density at radius 2 is 2.21 bits per heavy atom. The maximum atomic E-state index is 10.8. The Morgan fingerprint density at radius 3 is 2.64 bits per heavy atom. The van der Waals surface area contributed by atoms with E-state index in [2.05, 4.69) is 10.6 Å². The molecule has 0 aliphatic carbocycles. The number of nitrogens with two attached hydrogens (primary N) is 1. The van der Waals surface area contributed by atoms with E-state index in [1.807, 2.05) is 7.05 Å². The van der Waals surface area contributed by atoms with Gasteiger partial charge in [-0.25, -0.2) is 0 Å². The lowest BCUT2D eigenvalue weighted by atomic mass is 10.1. The predicted octanol–water partition coefficient (Wildman–Crippen LogP) is -0.183. The summed E-state index contributed by atoms with van der Waals surface area (Å²) in [4.78, 5) is 10.8. The summed E-state index contributed by atoms with van der Waals surface area (Å²) in [5.41, 5.74) is 5.13. The van der Waals surface area contributed by atoms with Crippen LogP contribution < -0.4 is 16.4 Å². The van der Waals surface area contributed by atoms with Crippen molar-refractivity contribution in [3.8, 4) is 0 Å². The fourth-order valence-electron chi connectivity index (χ4n) is 1.27. The van der Waals surface area contributed by atoms with Crippen LogP contribution in [0.25, 0.3) is 0 Å². The molecule has 0 aromatic rings. The number of Topliss-reactive ketones (excluding diaryl/α,β-unsaturated/α-hetero) is 1. The van der Waals surface area contributed by atoms with Crippen molar-refractivity contribution in [1.29, 1.82) is 5.41 Å². The maximum Gasteiger partial charge on any atom is 0.185 e. The van der Waals surface area contributed by atoms with Gasteiger partial charge in [-0.2, -0.15) is 0 Å². The van der Waals surface area contributed by atoms with Gasteiger partial charge in [-0.15, -0.1) is 0 Å². The summed E-state index contributed by atoms with van der Waals surface area (Å²) < 4.78 is 0. The van der Waals surface area contributed by atoms with Crippen LogP contribution in [0, 0.1) is 5.41 Å². The molecule has 0 rings (SSSR count). The second-order valence-corrected chi connectivity index (χ2v) is 3.37. The number of ketones is 1. The van der Waals surface area contributed by atoms with Crippen LogP contribution in [0.2, 0.25) is 0 Å². The van der Waals surface area contributed by atoms with Crippen LogP contribution in [-0.2, 0) is 4.79 Å². The molecule has 0 saturated heterocycles. The third-order valence-electron chi connectivity index (χ3n) is 1.99. The van der Waals surface area contributed by atoms with E-state index in [4.69, 9.17) is 11.1 Å². The third kappa shape index (κ3) is 7.54. The second kappa shape index (κ2) is 7.32. The Labute approximate surface area is 84.9 Å². The summed E-state index contributed by atoms with van der Waals surface area (Å²) in [5.74, 6) is 0.196. The van der Waals surface area contributed by atoms with Gasteiger partial charge in [0.05, 0.1) is 0 Å². The van der Waals surface area contributed by atoms with E-state index in [1.165, 1.54) is 0 Å². The second-order valence-electron chi connectivity index (χ2n) is 3.37. The van der Waals surface area contributed by atoms with Gasteiger partial charge in [-0.1, -0.05) is 0 Å². The van der Waals surface area contributed by atoms with Gasteiger partial charge in [0, 0.05) is 19.0 Å². The van der Waals surface area contributed by atoms with Crippen LogP contribution in [0.15, 0.2) is 0 Å². The summed E-state index contributed by atoms with van der Waals surface area (Å²) in [6, 6.07) is 0.237. The lowest BCUT2D eigenvalue weighted by molar-refractivity contribution is -0.117. The van der Waals surface area contributed by atoms with E-state index >= 15 is 0 Å². The Kier molecular flexibility index (Phi) is 6.74. The molecule has 0 bridgehead atoms. The fraction of sp³-hybridized carbons (Fsp3) is 0.778. The van der Waals surface area contributed by atoms with Gasteiger partial charge in [-0.3, -0.25) is 10.2 Å². The van der Waals surface area contributed by atoms with Crippen LogP contribution in [0.3, 0.4) is 0 Å². The highest BCUT2D eigenvalue weighted by atomic mass is 16.1. The molecule has 5 nitrogen and oxygen atoms in total. The number of carbonyl (C=O) groups excluding carboxylic acids is 1. The highest BCUT2D eigenvalue weighted by Crippen LogP contribution is 2.01. The smallest absolute Gasteiger partial charge is 0.185 e. The van der Waals surface area contributed by atoms with Crippen molar-refractivity contribution >= 4 is 11.7 Å². The van der Waals surface area contributed by atoms with E-state index < -0.39 is 0 Å². The number of carbonyl (C=O) groups is 1. The first-order valence-electron chi connectivity index (χ1n) is 4.81. The molecule has 14 heavy (non-hydrogen) atoms. The number of guanidine groups is 1. The Morgan fingerprint density at radius 1 is 1.57 bits per heavy atom. The Bertz CT molecular complexity index is 193. The number of hydrogen-bond donors (Lipinski definition) is 4. The van der Waals surface area contributed by atoms with Crippen molar-refractivity contribution in [2.24, 2.45) is 5.73 Å². The van der Waals surface area contributed by atoms with Crippen molar-refractivity contribution < 1.29 is 4.79 Å². The fourth-order valence-corrected chi connectivity index (χ4v) is 1.27. The molecular weight excluding hydrogens is 180 g/mol. The normalized spacial score (nSPS) is 12.1. The topological polar surface area (TPSA) is 91.0 Å². The SMILES string of the molecule is CNC(CCCNC(=N)N)CC(C)=O. The van der Waals surface area contributed by atoms with Crippen LogP contribution >= 0.6 is 0 Å². The van der Waals surface area contributed by atoms with Gasteiger partial charge in [0.1, 0.15) is 5.78 Å². The molecule has 0 aliphatic heterocycles. The average Bonchev–Trinajstić information content (AvgIpc) is 2.09. The first kappa shape index (κ1) is 12.9. The van der Waals surface area contributed by atoms with Crippen LogP contribution in [0.1, 0.15) is 26.2 Å². The van der Waals surface area contributed by atoms with E-state index in [0.29, 0.717) is 13.0 Å². The van der Waals surface area contributed by atoms with Crippen molar-refractivity contribution in [3.05, 3.63) is 0 Å². The van der Waals surface area contributed by atoms with Crippen LogP contribution in [-0.4, -0.2) is 31.4 Å². The molecule has 82 valence electrons. The van der Waals surface area contributed by atoms with E-state index in [9.17, 15) is 4.79 Å². The molecule has 1 atom stereocenters. The van der Waals surface area contributed by atoms with Gasteiger partial charge in [0.2, 0.25) is 0 Å². The summed E-state index contributed by atoms with van der Waals surface area (Å²) in [5, 5.41) is 12.7. The molecule has 0 heterocycles. The van der Waals surface area contributed by atoms with Crippen LogP contribution in [0.4, 0.5) is 0 Å². The average molecular weight is 200 g/mol. The predicted molar refractivity (Wildman–Crippen MR) is 57.3 cm³/mol. The van der Waals surface area contributed by atoms with Gasteiger partial charge in [0.25, 0.3) is 0 Å². The molecule has 0 saturated carbocycles. The zero-order valence-electron chi connectivity index (χ0n) is 8.89. The molecule has 5 N–H and O–H groups in total. The van der Waals surface area contributed by atoms with Gasteiger partial charge >= 0.3 is 0 Å². The van der Waals surface area contributed by atoms with Crippen molar-refractivity contribution in [1.82, 2.24) is 10.6 Å². The minimum Gasteiger partial charge on any atom is -0.370 e. The molecule has 0 aromatic carbocycles. The largest absolute Gasteiger partial charge is 0.370 e. The van der Waals surface area contributed by atoms with E-state index in [0.717, 1.165) is 12.8 Å². The first-order valence-corrected chi connectivity index (χ1v) is 4.81. The van der Waals surface area contributed by atoms with Crippen LogP contribution in [0.5, 0.6) is 0 Å². The number of hydrogen-bond acceptors (Lipinski definition) is 3. The van der Waals surface area contributed by atoms with Gasteiger partial charge < -0.3 is 16.4 Å². The van der Waals surface area contributed by atoms with Gasteiger partial charge in [0.15, 0.2) is 5.96 Å². The molecule has 0 amide bonds. The summed E-state index contributed by atoms with van der Waals surface area (Å²) >= 11 is 0. The highest BCUT2D eigenvalue weighted by molar-refractivity contribution is 5.76. The first-order chi connectivity index (χ1) is 6.56. The van der Waals surface area contributed by atoms with E-state index in [-0.39, 0.29) is 17.8 Å². The Hall–Kier alpha value is -1.10. The lowest BCUT2D eigenvalue weighted by Gasteiger charge is -2.14. The third-order valence-corrected chi connectivity index (χ3v) is 1.99. The number of rotatable bonds is 7. The monoisotopic (exact) mass is 200 g/mol. The maximum absolute atomic E-state index is 10.8. The summed E-state index contributed by atoms with van der Waals surface area (Å²) in [6.07, 6.45) is 2.38. The molecule has 0 radical (unpaired) electrons. The van der Waals surface area contributed by atoms with E-state index in [1.54, 1.807) is 6.92 Å². The minimum atomic E-state index is -0.00224. The lowest BCUT2D eigenvalue weighted by Crippen LogP contribution is -2.33. The minimum absolute atomic E-state index is 0.00224. The zero-order chi connectivity index (χ0) is 11.0. The molecule has 5 heteroatoms. The highest BCUT2D eigenvalue weighted by Gasteiger charge is 2.07. The summed E-state index contributed by atoms with van der Waals surface area (Å²) in [6.45, 7) is 2.28. The standard InChI is InChI=1S/C9H20N4O/c1-7(14)6-8(12-2)4-3-5-13-9(10)11/h8,12H,3-6H2,1-2H3,(H4,10,11,13). The summed E-state index contributed by atoms with van der Waals surface area (Å²) in [7, 11) is 1.85. The molecule has 0 aromatic heterocycles. The molecule has 0 spiro atoms. The molecular formula is C9H20N4O. The zero-order valence-corrected chi connectivity index (χ0v) is 8.89. The van der Waals surface area contributed by atoms with Crippen molar-refractivity contribution in [2.45, 2.75) is 32.2 Å². The van der Waals surface area contributed by atoms with Crippen molar-refractivity contribution in [3.63, 3.8) is 0 Å². The Balaban J connectivity index is 3.52. The molecule has 0 fully saturated rings. The van der Waals surface area contributed by atoms with Crippen molar-refractivity contribution in [2.75, 3.05) is 13.6 Å². The number of nitrogens with one attached hydrogen (secondary N) is 3. The quantitative estimate of drug-likeness (QED) is 0.260. The van der Waals surface area contributed by atoms with Gasteiger partial charge in [-0.05, 0) is 26.8 Å². The molecule has 1 unspecified atom stereocenters.